The lowest BCUT2D eigenvalue weighted by Crippen LogP contribution is -2.22. The van der Waals surface area contributed by atoms with Gasteiger partial charge in [0, 0.05) is 5.92 Å². The molecule has 1 amide bonds. The number of hydrogen-bond donors (Lipinski definition) is 2. The van der Waals surface area contributed by atoms with Crippen LogP contribution in [0.1, 0.15) is 38.2 Å². The first-order valence-electron chi connectivity index (χ1n) is 7.87. The number of amides is 1. The Kier molecular flexibility index (Phi) is 4.53. The molecule has 6 heteroatoms. The van der Waals surface area contributed by atoms with Crippen molar-refractivity contribution in [3.05, 3.63) is 21.3 Å². The average Bonchev–Trinajstić information content (AvgIpc) is 3.16. The molecule has 23 heavy (non-hydrogen) atoms. The average molecular weight is 428 g/mol. The number of ether oxygens (including phenoxy) is 1. The molecule has 0 heterocycles. The Labute approximate surface area is 149 Å². The number of hydrazone groups is 1. The molecule has 0 aromatic heterocycles. The number of methoxy groups -OCH3 is 1. The number of carbonyl (C=O) groups is 1. The van der Waals surface area contributed by atoms with E-state index in [0.29, 0.717) is 15.2 Å². The third-order valence-electron chi connectivity index (χ3n) is 5.27. The predicted octanol–water partition coefficient (Wildman–Crippen LogP) is 3.28. The summed E-state index contributed by atoms with van der Waals surface area (Å²) < 4.78 is 5.79. The molecule has 5 nitrogen and oxygen atoms in total. The summed E-state index contributed by atoms with van der Waals surface area (Å²) in [7, 11) is 1.50. The third kappa shape index (κ3) is 3.05. The van der Waals surface area contributed by atoms with Gasteiger partial charge in [0.25, 0.3) is 0 Å². The van der Waals surface area contributed by atoms with E-state index in [2.05, 4.69) is 17.5 Å². The number of halogens is 1. The van der Waals surface area contributed by atoms with Crippen LogP contribution in [0.15, 0.2) is 17.2 Å². The Morgan fingerprint density at radius 3 is 2.96 bits per heavy atom. The quantitative estimate of drug-likeness (QED) is 0.440. The van der Waals surface area contributed by atoms with E-state index in [1.54, 1.807) is 18.3 Å². The molecule has 0 aliphatic heterocycles. The summed E-state index contributed by atoms with van der Waals surface area (Å²) in [6, 6.07) is 3.47. The first-order valence-corrected chi connectivity index (χ1v) is 8.94. The van der Waals surface area contributed by atoms with Gasteiger partial charge in [0.1, 0.15) is 0 Å². The fourth-order valence-corrected chi connectivity index (χ4v) is 4.54. The second-order valence-corrected chi connectivity index (χ2v) is 7.79. The number of phenols is 1. The van der Waals surface area contributed by atoms with Gasteiger partial charge in [-0.2, -0.15) is 5.10 Å². The highest BCUT2D eigenvalue weighted by molar-refractivity contribution is 14.1. The second-order valence-electron chi connectivity index (χ2n) is 6.62. The molecule has 124 valence electrons. The van der Waals surface area contributed by atoms with Gasteiger partial charge in [0.05, 0.1) is 16.9 Å². The van der Waals surface area contributed by atoms with E-state index in [-0.39, 0.29) is 23.0 Å². The maximum atomic E-state index is 12.3. The van der Waals surface area contributed by atoms with E-state index >= 15 is 0 Å². The van der Waals surface area contributed by atoms with Gasteiger partial charge < -0.3 is 9.84 Å². The minimum absolute atomic E-state index is 0.0242. The number of fused-ring (bicyclic) bond motifs is 1. The fourth-order valence-electron chi connectivity index (χ4n) is 3.91. The highest BCUT2D eigenvalue weighted by Gasteiger charge is 2.64. The van der Waals surface area contributed by atoms with Crippen molar-refractivity contribution in [3.8, 4) is 11.5 Å². The molecule has 2 saturated carbocycles. The molecular formula is C17H21IN2O3. The number of aromatic hydroxyl groups is 1. The maximum absolute atomic E-state index is 12.3. The van der Waals surface area contributed by atoms with Crippen LogP contribution < -0.4 is 10.2 Å². The van der Waals surface area contributed by atoms with Crippen molar-refractivity contribution in [2.75, 3.05) is 7.11 Å². The van der Waals surface area contributed by atoms with Crippen LogP contribution in [0.5, 0.6) is 11.5 Å². The van der Waals surface area contributed by atoms with Gasteiger partial charge in [0.15, 0.2) is 11.5 Å². The van der Waals surface area contributed by atoms with Crippen LogP contribution in [-0.4, -0.2) is 24.3 Å². The van der Waals surface area contributed by atoms with E-state index in [0.717, 1.165) is 18.4 Å². The fraction of sp³-hybridized carbons (Fsp3) is 0.529. The van der Waals surface area contributed by atoms with Crippen molar-refractivity contribution in [2.45, 2.75) is 32.6 Å². The van der Waals surface area contributed by atoms with E-state index in [1.165, 1.54) is 20.0 Å². The van der Waals surface area contributed by atoms with Crippen LogP contribution in [-0.2, 0) is 4.79 Å². The lowest BCUT2D eigenvalue weighted by molar-refractivity contribution is -0.123. The molecule has 0 bridgehead atoms. The minimum Gasteiger partial charge on any atom is -0.504 e. The number of rotatable bonds is 4. The topological polar surface area (TPSA) is 70.9 Å². The molecule has 2 aliphatic rings. The smallest absolute Gasteiger partial charge is 0.244 e. The van der Waals surface area contributed by atoms with E-state index < -0.39 is 0 Å². The highest BCUT2D eigenvalue weighted by atomic mass is 127. The molecule has 2 fully saturated rings. The van der Waals surface area contributed by atoms with Crippen LogP contribution in [0.4, 0.5) is 0 Å². The normalized spacial score (nSPS) is 29.2. The zero-order valence-electron chi connectivity index (χ0n) is 13.3. The van der Waals surface area contributed by atoms with Crippen molar-refractivity contribution in [2.24, 2.45) is 22.4 Å². The van der Waals surface area contributed by atoms with Crippen LogP contribution in [0.2, 0.25) is 0 Å². The van der Waals surface area contributed by atoms with Gasteiger partial charge >= 0.3 is 0 Å². The van der Waals surface area contributed by atoms with Gasteiger partial charge in [-0.05, 0) is 64.5 Å². The summed E-state index contributed by atoms with van der Waals surface area (Å²) in [5.41, 5.74) is 3.63. The first-order chi connectivity index (χ1) is 11.0. The molecule has 3 rings (SSSR count). The standard InChI is InChI=1S/C17H21IN2O3/c1-17-6-4-3-5-11(17)14(17)16(22)20-19-9-10-7-12(18)15(21)13(8-10)23-2/h7-9,11,14,21H,3-6H2,1-2H3,(H,20,22)/b19-9-/t11-,14+,17-/m1/s1. The third-order valence-corrected chi connectivity index (χ3v) is 6.10. The Morgan fingerprint density at radius 2 is 2.30 bits per heavy atom. The van der Waals surface area contributed by atoms with Crippen molar-refractivity contribution in [1.29, 1.82) is 0 Å². The molecule has 2 N–H and O–H groups in total. The Morgan fingerprint density at radius 1 is 1.52 bits per heavy atom. The number of hydrogen-bond acceptors (Lipinski definition) is 4. The number of nitrogens with one attached hydrogen (secondary N) is 1. The first kappa shape index (κ1) is 16.5. The zero-order valence-corrected chi connectivity index (χ0v) is 15.5. The number of nitrogens with zero attached hydrogens (tertiary/aromatic N) is 1. The van der Waals surface area contributed by atoms with E-state index in [9.17, 15) is 9.90 Å². The molecule has 0 radical (unpaired) electrons. The molecule has 3 atom stereocenters. The van der Waals surface area contributed by atoms with Gasteiger partial charge in [0.2, 0.25) is 5.91 Å². The maximum Gasteiger partial charge on any atom is 0.244 e. The summed E-state index contributed by atoms with van der Waals surface area (Å²) in [5.74, 6) is 1.17. The Bertz CT molecular complexity index is 661. The molecule has 0 spiro atoms. The lowest BCUT2D eigenvalue weighted by Gasteiger charge is -2.15. The molecular weight excluding hydrogens is 407 g/mol. The van der Waals surface area contributed by atoms with Crippen molar-refractivity contribution >= 4 is 34.7 Å². The van der Waals surface area contributed by atoms with Crippen LogP contribution in [0.25, 0.3) is 0 Å². The van der Waals surface area contributed by atoms with E-state index in [4.69, 9.17) is 4.74 Å². The minimum atomic E-state index is 0.0242. The monoisotopic (exact) mass is 428 g/mol. The molecule has 1 aromatic rings. The Hall–Kier alpha value is -1.31. The molecule has 0 unspecified atom stereocenters. The van der Waals surface area contributed by atoms with Gasteiger partial charge in [-0.3, -0.25) is 4.79 Å². The number of phenolic OH excluding ortho intramolecular Hbond substituents is 1. The van der Waals surface area contributed by atoms with Gasteiger partial charge in [-0.1, -0.05) is 19.8 Å². The van der Waals surface area contributed by atoms with Gasteiger partial charge in [-0.25, -0.2) is 5.43 Å². The molecule has 2 aliphatic carbocycles. The van der Waals surface area contributed by atoms with Gasteiger partial charge in [-0.15, -0.1) is 0 Å². The lowest BCUT2D eigenvalue weighted by atomic mass is 9.90. The molecule has 1 aromatic carbocycles. The van der Waals surface area contributed by atoms with Crippen molar-refractivity contribution in [1.82, 2.24) is 5.43 Å². The summed E-state index contributed by atoms with van der Waals surface area (Å²) >= 11 is 2.03. The van der Waals surface area contributed by atoms with Crippen LogP contribution in [0.3, 0.4) is 0 Å². The highest BCUT2D eigenvalue weighted by Crippen LogP contribution is 2.66. The summed E-state index contributed by atoms with van der Waals surface area (Å²) in [5, 5.41) is 13.9. The zero-order chi connectivity index (χ0) is 16.6. The number of carbonyl (C=O) groups excluding carboxylic acids is 1. The van der Waals surface area contributed by atoms with Crippen molar-refractivity contribution < 1.29 is 14.6 Å². The number of benzene rings is 1. The predicted molar refractivity (Wildman–Crippen MR) is 96.7 cm³/mol. The summed E-state index contributed by atoms with van der Waals surface area (Å²) in [4.78, 5) is 12.3. The summed E-state index contributed by atoms with van der Waals surface area (Å²) in [6.45, 7) is 2.22. The van der Waals surface area contributed by atoms with E-state index in [1.807, 2.05) is 22.6 Å². The summed E-state index contributed by atoms with van der Waals surface area (Å²) in [6.07, 6.45) is 6.35. The SMILES string of the molecule is COc1cc(/C=N\NC(=O)[C@@H]2[C@H]3CCCC[C@]32C)cc(I)c1O. The largest absolute Gasteiger partial charge is 0.504 e. The molecule has 0 saturated heterocycles. The second kappa shape index (κ2) is 6.30. The van der Waals surface area contributed by atoms with Crippen LogP contribution >= 0.6 is 22.6 Å². The van der Waals surface area contributed by atoms with Crippen molar-refractivity contribution in [3.63, 3.8) is 0 Å². The Balaban J connectivity index is 1.63. The van der Waals surface area contributed by atoms with Crippen LogP contribution in [0, 0.1) is 20.8 Å².